The minimum atomic E-state index is -0.632. The molecule has 2 unspecified atom stereocenters. The SMILES string of the molecule is CC(=O)NC(Cc1cc(F)cc(F)c1)C(S)CNC(C)(C)c1cccc(CC(C)C)c1. The fourth-order valence-corrected chi connectivity index (χ4v) is 3.96. The second-order valence-electron chi connectivity index (χ2n) is 9.16. The Morgan fingerprint density at radius 1 is 1.03 bits per heavy atom. The molecule has 0 aliphatic carbocycles. The van der Waals surface area contributed by atoms with Crippen LogP contribution in [-0.4, -0.2) is 23.7 Å². The molecule has 0 aromatic heterocycles. The van der Waals surface area contributed by atoms with E-state index in [9.17, 15) is 13.6 Å². The lowest BCUT2D eigenvalue weighted by Gasteiger charge is -2.32. The van der Waals surface area contributed by atoms with Gasteiger partial charge in [-0.1, -0.05) is 38.1 Å². The molecule has 3 nitrogen and oxygen atoms in total. The number of carbonyl (C=O) groups is 1. The Labute approximate surface area is 190 Å². The zero-order chi connectivity index (χ0) is 23.2. The molecule has 0 saturated heterocycles. The van der Waals surface area contributed by atoms with Crippen molar-refractivity contribution in [3.63, 3.8) is 0 Å². The van der Waals surface area contributed by atoms with Crippen LogP contribution in [0, 0.1) is 17.6 Å². The summed E-state index contributed by atoms with van der Waals surface area (Å²) in [6, 6.07) is 11.6. The molecule has 0 saturated carbocycles. The third kappa shape index (κ3) is 8.26. The molecule has 0 heterocycles. The summed E-state index contributed by atoms with van der Waals surface area (Å²) in [6.45, 7) is 10.6. The van der Waals surface area contributed by atoms with Crippen LogP contribution in [0.4, 0.5) is 8.78 Å². The first-order valence-electron chi connectivity index (χ1n) is 10.7. The van der Waals surface area contributed by atoms with Crippen LogP contribution in [0.15, 0.2) is 42.5 Å². The van der Waals surface area contributed by atoms with Crippen molar-refractivity contribution in [2.45, 2.75) is 64.3 Å². The van der Waals surface area contributed by atoms with Gasteiger partial charge in [-0.05, 0) is 61.4 Å². The molecule has 0 aliphatic rings. The average molecular weight is 449 g/mol. The summed E-state index contributed by atoms with van der Waals surface area (Å²) in [5, 5.41) is 6.16. The molecule has 0 radical (unpaired) electrons. The maximum atomic E-state index is 13.6. The molecule has 0 fully saturated rings. The second kappa shape index (κ2) is 11.1. The van der Waals surface area contributed by atoms with E-state index in [4.69, 9.17) is 12.6 Å². The first kappa shape index (κ1) is 25.3. The van der Waals surface area contributed by atoms with Crippen molar-refractivity contribution < 1.29 is 13.6 Å². The van der Waals surface area contributed by atoms with Crippen LogP contribution in [0.2, 0.25) is 0 Å². The standard InChI is InChI=1S/C25H34F2N2OS/c1-16(2)9-18-7-6-8-20(10-18)25(4,5)28-15-24(31)23(29-17(3)30)13-19-11-21(26)14-22(27)12-19/h6-8,10-12,14,16,23-24,28,31H,9,13,15H2,1-5H3,(H,29,30). The van der Waals surface area contributed by atoms with Crippen molar-refractivity contribution in [1.82, 2.24) is 10.6 Å². The van der Waals surface area contributed by atoms with E-state index in [-0.39, 0.29) is 29.2 Å². The Bertz CT molecular complexity index is 865. The van der Waals surface area contributed by atoms with Gasteiger partial charge in [0.15, 0.2) is 0 Å². The van der Waals surface area contributed by atoms with Crippen molar-refractivity contribution in [3.05, 3.63) is 70.8 Å². The van der Waals surface area contributed by atoms with Crippen LogP contribution < -0.4 is 10.6 Å². The largest absolute Gasteiger partial charge is 0.352 e. The number of hydrogen-bond donors (Lipinski definition) is 3. The van der Waals surface area contributed by atoms with Crippen LogP contribution in [0.5, 0.6) is 0 Å². The van der Waals surface area contributed by atoms with Gasteiger partial charge >= 0.3 is 0 Å². The van der Waals surface area contributed by atoms with Gasteiger partial charge in [0.25, 0.3) is 0 Å². The first-order valence-corrected chi connectivity index (χ1v) is 11.2. The first-order chi connectivity index (χ1) is 14.5. The summed E-state index contributed by atoms with van der Waals surface area (Å²) >= 11 is 4.71. The predicted molar refractivity (Wildman–Crippen MR) is 126 cm³/mol. The molecule has 0 aliphatic heterocycles. The third-order valence-corrected chi connectivity index (χ3v) is 5.82. The van der Waals surface area contributed by atoms with Gasteiger partial charge in [0.05, 0.1) is 0 Å². The summed E-state index contributed by atoms with van der Waals surface area (Å²) < 4.78 is 27.2. The molecule has 170 valence electrons. The van der Waals surface area contributed by atoms with Crippen molar-refractivity contribution in [2.24, 2.45) is 5.92 Å². The fraction of sp³-hybridized carbons (Fsp3) is 0.480. The van der Waals surface area contributed by atoms with E-state index in [1.165, 1.54) is 30.2 Å². The maximum Gasteiger partial charge on any atom is 0.217 e. The normalized spacial score (nSPS) is 13.8. The molecular formula is C25H34F2N2OS. The highest BCUT2D eigenvalue weighted by Gasteiger charge is 2.25. The molecule has 0 bridgehead atoms. The number of nitrogens with one attached hydrogen (secondary N) is 2. The average Bonchev–Trinajstić information content (AvgIpc) is 2.64. The van der Waals surface area contributed by atoms with Crippen LogP contribution >= 0.6 is 12.6 Å². The van der Waals surface area contributed by atoms with Gasteiger partial charge in [0, 0.05) is 36.4 Å². The molecule has 2 aromatic rings. The lowest BCUT2D eigenvalue weighted by molar-refractivity contribution is -0.119. The van der Waals surface area contributed by atoms with Crippen LogP contribution in [0.1, 0.15) is 51.3 Å². The van der Waals surface area contributed by atoms with Gasteiger partial charge in [0.1, 0.15) is 11.6 Å². The summed E-state index contributed by atoms with van der Waals surface area (Å²) in [5.74, 6) is -0.888. The third-order valence-electron chi connectivity index (χ3n) is 5.28. The van der Waals surface area contributed by atoms with Gasteiger partial charge in [-0.2, -0.15) is 12.6 Å². The molecular weight excluding hydrogens is 414 g/mol. The van der Waals surface area contributed by atoms with E-state index in [0.29, 0.717) is 18.0 Å². The Balaban J connectivity index is 2.10. The molecule has 2 rings (SSSR count). The Morgan fingerprint density at radius 3 is 2.26 bits per heavy atom. The summed E-state index contributed by atoms with van der Waals surface area (Å²) in [5.41, 5.74) is 2.65. The molecule has 0 spiro atoms. The summed E-state index contributed by atoms with van der Waals surface area (Å²) in [7, 11) is 0. The van der Waals surface area contributed by atoms with Gasteiger partial charge in [-0.3, -0.25) is 4.79 Å². The topological polar surface area (TPSA) is 41.1 Å². The highest BCUT2D eigenvalue weighted by molar-refractivity contribution is 7.81. The summed E-state index contributed by atoms with van der Waals surface area (Å²) in [6.07, 6.45) is 1.31. The predicted octanol–water partition coefficient (Wildman–Crippen LogP) is 5.03. The Morgan fingerprint density at radius 2 is 1.68 bits per heavy atom. The number of carbonyl (C=O) groups excluding carboxylic acids is 1. The van der Waals surface area contributed by atoms with Gasteiger partial charge in [-0.15, -0.1) is 0 Å². The highest BCUT2D eigenvalue weighted by Crippen LogP contribution is 2.23. The number of halogens is 2. The van der Waals surface area contributed by atoms with Gasteiger partial charge < -0.3 is 10.6 Å². The number of rotatable bonds is 10. The number of benzene rings is 2. The minimum Gasteiger partial charge on any atom is -0.352 e. The summed E-state index contributed by atoms with van der Waals surface area (Å²) in [4.78, 5) is 11.7. The monoisotopic (exact) mass is 448 g/mol. The molecule has 31 heavy (non-hydrogen) atoms. The fourth-order valence-electron chi connectivity index (χ4n) is 3.69. The van der Waals surface area contributed by atoms with Crippen molar-refractivity contribution in [2.75, 3.05) is 6.54 Å². The van der Waals surface area contributed by atoms with E-state index in [1.807, 2.05) is 0 Å². The number of amides is 1. The number of hydrogen-bond acceptors (Lipinski definition) is 3. The molecule has 2 N–H and O–H groups in total. The molecule has 1 amide bonds. The van der Waals surface area contributed by atoms with Crippen LogP contribution in [0.3, 0.4) is 0 Å². The number of thiol groups is 1. The highest BCUT2D eigenvalue weighted by atomic mass is 32.1. The van der Waals surface area contributed by atoms with E-state index in [2.05, 4.69) is 62.6 Å². The minimum absolute atomic E-state index is 0.207. The zero-order valence-corrected chi connectivity index (χ0v) is 19.9. The van der Waals surface area contributed by atoms with Gasteiger partial charge in [-0.25, -0.2) is 8.78 Å². The van der Waals surface area contributed by atoms with Crippen molar-refractivity contribution >= 4 is 18.5 Å². The van der Waals surface area contributed by atoms with Crippen LogP contribution in [0.25, 0.3) is 0 Å². The van der Waals surface area contributed by atoms with Crippen molar-refractivity contribution in [3.8, 4) is 0 Å². The second-order valence-corrected chi connectivity index (χ2v) is 9.82. The Kier molecular flexibility index (Phi) is 9.07. The molecule has 6 heteroatoms. The quantitative estimate of drug-likeness (QED) is 0.446. The van der Waals surface area contributed by atoms with Crippen LogP contribution in [-0.2, 0) is 23.2 Å². The van der Waals surface area contributed by atoms with Crippen molar-refractivity contribution in [1.29, 1.82) is 0 Å². The van der Waals surface area contributed by atoms with E-state index >= 15 is 0 Å². The lowest BCUT2D eigenvalue weighted by Crippen LogP contribution is -2.49. The van der Waals surface area contributed by atoms with E-state index < -0.39 is 11.6 Å². The van der Waals surface area contributed by atoms with E-state index in [1.54, 1.807) is 0 Å². The lowest BCUT2D eigenvalue weighted by atomic mass is 9.90. The Hall–Kier alpha value is -1.92. The maximum absolute atomic E-state index is 13.6. The van der Waals surface area contributed by atoms with Gasteiger partial charge in [0.2, 0.25) is 5.91 Å². The molecule has 2 atom stereocenters. The van der Waals surface area contributed by atoms with E-state index in [0.717, 1.165) is 12.5 Å². The smallest absolute Gasteiger partial charge is 0.217 e. The molecule has 2 aromatic carbocycles. The zero-order valence-electron chi connectivity index (χ0n) is 19.0.